The van der Waals surface area contributed by atoms with E-state index in [1.807, 2.05) is 0 Å². The molecular formula is C20H27ClFN3O3. The van der Waals surface area contributed by atoms with Gasteiger partial charge in [0, 0.05) is 37.2 Å². The Morgan fingerprint density at radius 2 is 1.96 bits per heavy atom. The van der Waals surface area contributed by atoms with Gasteiger partial charge in [-0.1, -0.05) is 11.6 Å². The molecule has 8 heteroatoms. The summed E-state index contributed by atoms with van der Waals surface area (Å²) in [5, 5.41) is 13.6. The van der Waals surface area contributed by atoms with Crippen molar-refractivity contribution in [3.63, 3.8) is 0 Å². The number of carbonyl (C=O) groups excluding carboxylic acids is 1. The summed E-state index contributed by atoms with van der Waals surface area (Å²) < 4.78 is 19.3. The Morgan fingerprint density at radius 3 is 2.68 bits per heavy atom. The lowest BCUT2D eigenvalue weighted by molar-refractivity contribution is -0.117. The van der Waals surface area contributed by atoms with Gasteiger partial charge < -0.3 is 15.2 Å². The zero-order chi connectivity index (χ0) is 19.7. The third-order valence-electron chi connectivity index (χ3n) is 6.27. The molecule has 0 bridgehead atoms. The van der Waals surface area contributed by atoms with Crippen LogP contribution in [-0.2, 0) is 9.53 Å². The van der Waals surface area contributed by atoms with Gasteiger partial charge in [-0.3, -0.25) is 14.6 Å². The maximum atomic E-state index is 13.9. The number of fused-ring (bicyclic) bond motifs is 1. The van der Waals surface area contributed by atoms with E-state index in [0.717, 1.165) is 52.2 Å². The summed E-state index contributed by atoms with van der Waals surface area (Å²) in [5.74, 6) is 0.126. The molecule has 4 rings (SSSR count). The van der Waals surface area contributed by atoms with E-state index in [9.17, 15) is 14.3 Å². The Bertz CT molecular complexity index is 716. The van der Waals surface area contributed by atoms with E-state index in [4.69, 9.17) is 16.3 Å². The number of hydrogen-bond donors (Lipinski definition) is 2. The molecule has 154 valence electrons. The van der Waals surface area contributed by atoms with Crippen LogP contribution < -0.4 is 5.32 Å². The summed E-state index contributed by atoms with van der Waals surface area (Å²) in [7, 11) is 0. The number of amides is 1. The van der Waals surface area contributed by atoms with Crippen LogP contribution in [0, 0.1) is 17.7 Å². The predicted octanol–water partition coefficient (Wildman–Crippen LogP) is 1.82. The third kappa shape index (κ3) is 4.49. The van der Waals surface area contributed by atoms with Gasteiger partial charge in [0.05, 0.1) is 31.5 Å². The number of nitrogens with zero attached hydrogens (tertiary/aromatic N) is 2. The summed E-state index contributed by atoms with van der Waals surface area (Å²) in [6.45, 7) is 5.07. The van der Waals surface area contributed by atoms with Crippen LogP contribution >= 0.6 is 11.6 Å². The molecule has 3 fully saturated rings. The van der Waals surface area contributed by atoms with E-state index in [1.54, 1.807) is 6.07 Å². The Hall–Kier alpha value is -1.25. The van der Waals surface area contributed by atoms with E-state index < -0.39 is 5.82 Å². The van der Waals surface area contributed by atoms with Crippen LogP contribution in [0.3, 0.4) is 0 Å². The van der Waals surface area contributed by atoms with E-state index in [2.05, 4.69) is 15.1 Å². The fourth-order valence-electron chi connectivity index (χ4n) is 4.92. The van der Waals surface area contributed by atoms with Crippen LogP contribution in [0.1, 0.15) is 12.8 Å². The van der Waals surface area contributed by atoms with Gasteiger partial charge in [-0.25, -0.2) is 4.39 Å². The molecule has 1 aromatic rings. The average Bonchev–Trinajstić information content (AvgIpc) is 3.05. The second kappa shape index (κ2) is 8.63. The second-order valence-corrected chi connectivity index (χ2v) is 8.58. The van der Waals surface area contributed by atoms with Crippen LogP contribution in [0.5, 0.6) is 0 Å². The molecule has 0 aromatic heterocycles. The van der Waals surface area contributed by atoms with Crippen molar-refractivity contribution in [2.24, 2.45) is 11.8 Å². The molecule has 2 aliphatic heterocycles. The summed E-state index contributed by atoms with van der Waals surface area (Å²) in [4.78, 5) is 16.8. The van der Waals surface area contributed by atoms with E-state index >= 15 is 0 Å². The zero-order valence-electron chi connectivity index (χ0n) is 15.8. The number of morpholine rings is 1. The van der Waals surface area contributed by atoms with Gasteiger partial charge in [0.25, 0.3) is 0 Å². The molecule has 1 amide bonds. The topological polar surface area (TPSA) is 65.0 Å². The highest BCUT2D eigenvalue weighted by molar-refractivity contribution is 6.30. The van der Waals surface area contributed by atoms with Gasteiger partial charge >= 0.3 is 0 Å². The van der Waals surface area contributed by atoms with Crippen LogP contribution in [0.15, 0.2) is 18.2 Å². The lowest BCUT2D eigenvalue weighted by atomic mass is 9.77. The molecule has 0 spiro atoms. The molecule has 2 heterocycles. The third-order valence-corrected chi connectivity index (χ3v) is 6.51. The number of rotatable bonds is 4. The molecule has 2 saturated heterocycles. The minimum atomic E-state index is -0.535. The fourth-order valence-corrected chi connectivity index (χ4v) is 5.08. The highest BCUT2D eigenvalue weighted by Crippen LogP contribution is 2.38. The van der Waals surface area contributed by atoms with Gasteiger partial charge in [-0.2, -0.15) is 0 Å². The first-order valence-electron chi connectivity index (χ1n) is 9.96. The van der Waals surface area contributed by atoms with Crippen molar-refractivity contribution in [3.8, 4) is 0 Å². The number of anilines is 1. The molecule has 1 saturated carbocycles. The van der Waals surface area contributed by atoms with Gasteiger partial charge in [-0.15, -0.1) is 0 Å². The molecule has 28 heavy (non-hydrogen) atoms. The highest BCUT2D eigenvalue weighted by atomic mass is 35.5. The quantitative estimate of drug-likeness (QED) is 0.791. The molecule has 3 aliphatic rings. The maximum Gasteiger partial charge on any atom is 0.238 e. The van der Waals surface area contributed by atoms with E-state index in [0.29, 0.717) is 16.9 Å². The Labute approximate surface area is 169 Å². The minimum absolute atomic E-state index is 0.147. The Balaban J connectivity index is 1.31. The largest absolute Gasteiger partial charge is 0.391 e. The number of nitrogens with one attached hydrogen (secondary N) is 1. The standard InChI is InChI=1S/C20H27ClFN3O3/c21-15-1-2-17(16(22)9-15)23-20(27)12-24-10-13-7-18(19(26)8-14(13)11-24)25-3-5-28-6-4-25/h1-2,9,13-14,18-19,26H,3-8,10-12H2,(H,23,27)/t13-,14+,18-,19-/m1/s1. The molecule has 0 radical (unpaired) electrons. The van der Waals surface area contributed by atoms with Crippen molar-refractivity contribution in [1.29, 1.82) is 0 Å². The first-order valence-corrected chi connectivity index (χ1v) is 10.3. The number of likely N-dealkylation sites (tertiary alicyclic amines) is 1. The monoisotopic (exact) mass is 411 g/mol. The van der Waals surface area contributed by atoms with Crippen LogP contribution in [0.25, 0.3) is 0 Å². The lowest BCUT2D eigenvalue weighted by Crippen LogP contribution is -2.53. The number of ether oxygens (including phenoxy) is 1. The number of aliphatic hydroxyl groups is 1. The predicted molar refractivity (Wildman–Crippen MR) is 105 cm³/mol. The number of benzene rings is 1. The number of carbonyl (C=O) groups is 1. The first kappa shape index (κ1) is 20.0. The first-order chi connectivity index (χ1) is 13.5. The number of hydrogen-bond acceptors (Lipinski definition) is 5. The highest BCUT2D eigenvalue weighted by Gasteiger charge is 2.43. The normalized spacial score (nSPS) is 31.5. The van der Waals surface area contributed by atoms with Crippen LogP contribution in [0.4, 0.5) is 10.1 Å². The van der Waals surface area contributed by atoms with Crippen molar-refractivity contribution < 1.29 is 19.0 Å². The Kier molecular flexibility index (Phi) is 6.18. The van der Waals surface area contributed by atoms with E-state index in [-0.39, 0.29) is 30.3 Å². The van der Waals surface area contributed by atoms with Gasteiger partial charge in [0.15, 0.2) is 0 Å². The summed E-state index contributed by atoms with van der Waals surface area (Å²) in [5.41, 5.74) is 0.147. The van der Waals surface area contributed by atoms with Crippen LogP contribution in [-0.4, -0.2) is 78.9 Å². The summed E-state index contributed by atoms with van der Waals surface area (Å²) in [6.07, 6.45) is 1.41. The molecule has 6 nitrogen and oxygen atoms in total. The van der Waals surface area contributed by atoms with Gasteiger partial charge in [0.2, 0.25) is 5.91 Å². The lowest BCUT2D eigenvalue weighted by Gasteiger charge is -2.43. The van der Waals surface area contributed by atoms with Crippen molar-refractivity contribution in [1.82, 2.24) is 9.80 Å². The molecule has 1 aromatic carbocycles. The van der Waals surface area contributed by atoms with Crippen molar-refractivity contribution in [2.75, 3.05) is 51.3 Å². The number of aliphatic hydroxyl groups excluding tert-OH is 1. The van der Waals surface area contributed by atoms with Crippen molar-refractivity contribution >= 4 is 23.2 Å². The van der Waals surface area contributed by atoms with Gasteiger partial charge in [-0.05, 0) is 42.9 Å². The molecule has 1 aliphatic carbocycles. The Morgan fingerprint density at radius 1 is 1.25 bits per heavy atom. The minimum Gasteiger partial charge on any atom is -0.391 e. The second-order valence-electron chi connectivity index (χ2n) is 8.14. The van der Waals surface area contributed by atoms with Crippen molar-refractivity contribution in [2.45, 2.75) is 25.0 Å². The average molecular weight is 412 g/mol. The molecule has 4 atom stereocenters. The fraction of sp³-hybridized carbons (Fsp3) is 0.650. The molecular weight excluding hydrogens is 385 g/mol. The smallest absolute Gasteiger partial charge is 0.238 e. The SMILES string of the molecule is O=C(CN1C[C@H]2C[C@@H](N3CCOCC3)[C@H](O)C[C@H]2C1)Nc1ccc(Cl)cc1F. The van der Waals surface area contributed by atoms with Crippen molar-refractivity contribution in [3.05, 3.63) is 29.0 Å². The summed E-state index contributed by atoms with van der Waals surface area (Å²) in [6, 6.07) is 4.40. The maximum absolute atomic E-state index is 13.9. The zero-order valence-corrected chi connectivity index (χ0v) is 16.6. The molecule has 2 N–H and O–H groups in total. The molecule has 0 unspecified atom stereocenters. The summed E-state index contributed by atoms with van der Waals surface area (Å²) >= 11 is 5.75. The number of halogens is 2. The van der Waals surface area contributed by atoms with Crippen LogP contribution in [0.2, 0.25) is 5.02 Å². The van der Waals surface area contributed by atoms with Gasteiger partial charge in [0.1, 0.15) is 5.82 Å². The van der Waals surface area contributed by atoms with E-state index in [1.165, 1.54) is 12.1 Å².